The number of benzene rings is 2. The van der Waals surface area contributed by atoms with E-state index < -0.39 is 0 Å². The molecule has 2 nitrogen and oxygen atoms in total. The van der Waals surface area contributed by atoms with Crippen LogP contribution in [0, 0.1) is 20.8 Å². The maximum absolute atomic E-state index is 13.4. The second-order valence-electron chi connectivity index (χ2n) is 7.51. The second kappa shape index (κ2) is 10.5. The molecule has 0 aromatic heterocycles. The zero-order valence-electron chi connectivity index (χ0n) is 17.0. The Morgan fingerprint density at radius 2 is 1.59 bits per heavy atom. The Kier molecular flexibility index (Phi) is 8.38. The third-order valence-corrected chi connectivity index (χ3v) is 5.97. The van der Waals surface area contributed by atoms with Gasteiger partial charge in [0.25, 0.3) is 0 Å². The Bertz CT molecular complexity index is 772. The van der Waals surface area contributed by atoms with Gasteiger partial charge in [0.1, 0.15) is 0 Å². The number of hydrogen-bond donors (Lipinski definition) is 0. The lowest BCUT2D eigenvalue weighted by Gasteiger charge is -2.16. The molecule has 0 bridgehead atoms. The molecule has 1 unspecified atom stereocenters. The van der Waals surface area contributed by atoms with Gasteiger partial charge < -0.3 is 0 Å². The lowest BCUT2D eigenvalue weighted by Crippen LogP contribution is -2.10. The van der Waals surface area contributed by atoms with Gasteiger partial charge >= 0.3 is 0 Å². The van der Waals surface area contributed by atoms with Gasteiger partial charge in [0, 0.05) is 11.1 Å². The molecule has 0 fully saturated rings. The van der Waals surface area contributed by atoms with Gasteiger partial charge in [-0.1, -0.05) is 81.0 Å². The number of rotatable bonds is 10. The zero-order chi connectivity index (χ0) is 19.8. The fourth-order valence-corrected chi connectivity index (χ4v) is 4.50. The normalized spacial score (nSPS) is 12.3. The molecular weight excluding hydrogens is 351 g/mol. The van der Waals surface area contributed by atoms with Crippen molar-refractivity contribution in [2.45, 2.75) is 71.9 Å². The summed E-state index contributed by atoms with van der Waals surface area (Å²) in [5, 5.41) is 0. The van der Waals surface area contributed by atoms with Gasteiger partial charge in [-0.15, -0.1) is 0 Å². The lowest BCUT2D eigenvalue weighted by molar-refractivity contribution is 0.103. The summed E-state index contributed by atoms with van der Waals surface area (Å²) >= 11 is 0. The first-order valence-electron chi connectivity index (χ1n) is 10.0. The van der Waals surface area contributed by atoms with Gasteiger partial charge in [0.2, 0.25) is 0 Å². The maximum Gasteiger partial charge on any atom is 0.193 e. The fourth-order valence-electron chi connectivity index (χ4n) is 3.87. The van der Waals surface area contributed by atoms with Crippen LogP contribution in [0.3, 0.4) is 0 Å². The summed E-state index contributed by atoms with van der Waals surface area (Å²) < 4.78 is 11.9. The standard InChI is InChI=1S/C24H31O2P/c1-5-6-7-8-9-14-22(27-26)20-12-10-11-13-21(20)24(25)23-18(3)15-17(2)16-19(23)4/h10-13,15-16,22H,5-9,14H2,1-4H3. The van der Waals surface area contributed by atoms with Crippen molar-refractivity contribution >= 4 is 14.2 Å². The van der Waals surface area contributed by atoms with Gasteiger partial charge in [0.05, 0.1) is 5.66 Å². The number of carbonyl (C=O) groups excluding carboxylic acids is 1. The van der Waals surface area contributed by atoms with Crippen LogP contribution in [-0.2, 0) is 4.57 Å². The summed E-state index contributed by atoms with van der Waals surface area (Å²) in [6, 6.07) is 11.8. The van der Waals surface area contributed by atoms with Crippen molar-refractivity contribution in [2.24, 2.45) is 0 Å². The predicted octanol–water partition coefficient (Wildman–Crippen LogP) is 7.54. The molecule has 0 spiro atoms. The highest BCUT2D eigenvalue weighted by Gasteiger charge is 2.22. The van der Waals surface area contributed by atoms with Crippen LogP contribution in [0.1, 0.15) is 89.3 Å². The highest BCUT2D eigenvalue weighted by Crippen LogP contribution is 2.36. The molecule has 0 amide bonds. The molecular formula is C24H31O2P. The van der Waals surface area contributed by atoms with E-state index in [1.807, 2.05) is 45.0 Å². The Morgan fingerprint density at radius 3 is 2.22 bits per heavy atom. The summed E-state index contributed by atoms with van der Waals surface area (Å²) in [6.45, 7) is 8.24. The van der Waals surface area contributed by atoms with Crippen LogP contribution < -0.4 is 0 Å². The van der Waals surface area contributed by atoms with E-state index in [4.69, 9.17) is 0 Å². The molecule has 0 aliphatic heterocycles. The van der Waals surface area contributed by atoms with Crippen molar-refractivity contribution in [1.82, 2.24) is 0 Å². The highest BCUT2D eigenvalue weighted by molar-refractivity contribution is 7.24. The van der Waals surface area contributed by atoms with Crippen molar-refractivity contribution in [1.29, 1.82) is 0 Å². The predicted molar refractivity (Wildman–Crippen MR) is 114 cm³/mol. The molecule has 0 N–H and O–H groups in total. The third kappa shape index (κ3) is 5.59. The molecule has 3 heteroatoms. The first-order valence-corrected chi connectivity index (χ1v) is 10.9. The van der Waals surface area contributed by atoms with Crippen molar-refractivity contribution in [3.63, 3.8) is 0 Å². The number of unbranched alkanes of at least 4 members (excludes halogenated alkanes) is 4. The monoisotopic (exact) mass is 382 g/mol. The topological polar surface area (TPSA) is 34.1 Å². The first kappa shape index (κ1) is 21.5. The van der Waals surface area contributed by atoms with Crippen molar-refractivity contribution in [3.8, 4) is 0 Å². The number of ketones is 1. The molecule has 0 aliphatic carbocycles. The van der Waals surface area contributed by atoms with Crippen LogP contribution in [0.4, 0.5) is 0 Å². The van der Waals surface area contributed by atoms with Crippen LogP contribution in [0.15, 0.2) is 36.4 Å². The van der Waals surface area contributed by atoms with Crippen molar-refractivity contribution < 1.29 is 9.36 Å². The first-order chi connectivity index (χ1) is 13.0. The SMILES string of the molecule is CCCCCCCC(P=O)c1ccccc1C(=O)c1c(C)cc(C)cc1C. The minimum atomic E-state index is -0.113. The largest absolute Gasteiger partial charge is 0.289 e. The maximum atomic E-state index is 13.4. The molecule has 0 heterocycles. The van der Waals surface area contributed by atoms with Gasteiger partial charge in [-0.2, -0.15) is 0 Å². The minimum Gasteiger partial charge on any atom is -0.289 e. The van der Waals surface area contributed by atoms with E-state index in [-0.39, 0.29) is 19.9 Å². The van der Waals surface area contributed by atoms with Crippen molar-refractivity contribution in [3.05, 3.63) is 69.8 Å². The van der Waals surface area contributed by atoms with E-state index in [1.165, 1.54) is 19.3 Å². The molecule has 0 radical (unpaired) electrons. The molecule has 27 heavy (non-hydrogen) atoms. The van der Waals surface area contributed by atoms with Gasteiger partial charge in [-0.3, -0.25) is 9.36 Å². The van der Waals surface area contributed by atoms with Crippen LogP contribution in [0.25, 0.3) is 0 Å². The number of hydrogen-bond acceptors (Lipinski definition) is 2. The van der Waals surface area contributed by atoms with Crippen molar-refractivity contribution in [2.75, 3.05) is 0 Å². The number of aryl methyl sites for hydroxylation is 3. The Labute approximate surface area is 165 Å². The van der Waals surface area contributed by atoms with Gasteiger partial charge in [-0.05, 0) is 43.9 Å². The van der Waals surface area contributed by atoms with E-state index in [2.05, 4.69) is 19.1 Å². The molecule has 2 aromatic rings. The van der Waals surface area contributed by atoms with E-state index in [1.54, 1.807) is 0 Å². The van der Waals surface area contributed by atoms with Gasteiger partial charge in [0.15, 0.2) is 14.2 Å². The average Bonchev–Trinajstić information content (AvgIpc) is 2.64. The molecule has 2 aromatic carbocycles. The quantitative estimate of drug-likeness (QED) is 0.242. The average molecular weight is 382 g/mol. The second-order valence-corrected chi connectivity index (χ2v) is 8.35. The van der Waals surface area contributed by atoms with Crippen LogP contribution in [-0.4, -0.2) is 5.78 Å². The summed E-state index contributed by atoms with van der Waals surface area (Å²) in [5.74, 6) is 0.0419. The summed E-state index contributed by atoms with van der Waals surface area (Å²) in [6.07, 6.45) is 6.75. The Balaban J connectivity index is 2.29. The Morgan fingerprint density at radius 1 is 0.963 bits per heavy atom. The van der Waals surface area contributed by atoms with E-state index in [0.29, 0.717) is 5.56 Å². The summed E-state index contributed by atoms with van der Waals surface area (Å²) in [5.41, 5.74) is 5.43. The minimum absolute atomic E-state index is 0.0419. The fraction of sp³-hybridized carbons (Fsp3) is 0.458. The smallest absolute Gasteiger partial charge is 0.193 e. The molecule has 1 atom stereocenters. The Hall–Kier alpha value is -1.79. The lowest BCUT2D eigenvalue weighted by atomic mass is 9.89. The molecule has 0 aliphatic rings. The highest BCUT2D eigenvalue weighted by atomic mass is 31.1. The number of carbonyl (C=O) groups is 1. The zero-order valence-corrected chi connectivity index (χ0v) is 17.9. The molecule has 0 saturated carbocycles. The summed E-state index contributed by atoms with van der Waals surface area (Å²) in [7, 11) is 0.0989. The van der Waals surface area contributed by atoms with Crippen LogP contribution in [0.2, 0.25) is 0 Å². The van der Waals surface area contributed by atoms with Gasteiger partial charge in [-0.25, -0.2) is 0 Å². The molecule has 0 saturated heterocycles. The van der Waals surface area contributed by atoms with E-state index >= 15 is 0 Å². The molecule has 144 valence electrons. The summed E-state index contributed by atoms with van der Waals surface area (Å²) in [4.78, 5) is 13.4. The molecule has 2 rings (SSSR count). The van der Waals surface area contributed by atoms with E-state index in [9.17, 15) is 9.36 Å². The van der Waals surface area contributed by atoms with Crippen LogP contribution in [0.5, 0.6) is 0 Å². The van der Waals surface area contributed by atoms with E-state index in [0.717, 1.165) is 47.1 Å². The van der Waals surface area contributed by atoms with Crippen LogP contribution >= 0.6 is 8.46 Å². The third-order valence-electron chi connectivity index (χ3n) is 5.18.